The van der Waals surface area contributed by atoms with Crippen LogP contribution in [0.2, 0.25) is 0 Å². The van der Waals surface area contributed by atoms with Gasteiger partial charge < -0.3 is 5.73 Å². The summed E-state index contributed by atoms with van der Waals surface area (Å²) in [5, 5.41) is 7.17. The minimum Gasteiger partial charge on any atom is -0.384 e. The van der Waals surface area contributed by atoms with E-state index in [2.05, 4.69) is 15.9 Å². The van der Waals surface area contributed by atoms with Gasteiger partial charge >= 0.3 is 0 Å². The summed E-state index contributed by atoms with van der Waals surface area (Å²) in [7, 11) is 0. The highest BCUT2D eigenvalue weighted by molar-refractivity contribution is 9.10. The first-order valence-corrected chi connectivity index (χ1v) is 4.11. The van der Waals surface area contributed by atoms with E-state index in [4.69, 9.17) is 11.1 Å². The third-order valence-electron chi connectivity index (χ3n) is 1.54. The molecule has 0 radical (unpaired) electrons. The van der Waals surface area contributed by atoms with Gasteiger partial charge in [-0.05, 0) is 40.5 Å². The minimum absolute atomic E-state index is 0. The molecule has 0 unspecified atom stereocenters. The smallest absolute Gasteiger partial charge is 0.127 e. The Labute approximate surface area is 90.4 Å². The summed E-state index contributed by atoms with van der Waals surface area (Å²) in [6.07, 6.45) is 0. The second-order valence-electron chi connectivity index (χ2n) is 2.49. The predicted molar refractivity (Wildman–Crippen MR) is 57.1 cm³/mol. The van der Waals surface area contributed by atoms with E-state index in [1.807, 2.05) is 0 Å². The SMILES string of the molecule is Cc1cc(C(=N)N)c(Br)cc1F.Cl. The molecule has 2 nitrogen and oxygen atoms in total. The number of nitrogens with one attached hydrogen (secondary N) is 1. The second-order valence-corrected chi connectivity index (χ2v) is 3.35. The number of hydrogen-bond acceptors (Lipinski definition) is 1. The Morgan fingerprint density at radius 2 is 2.08 bits per heavy atom. The maximum Gasteiger partial charge on any atom is 0.127 e. The van der Waals surface area contributed by atoms with Crippen LogP contribution >= 0.6 is 28.3 Å². The quantitative estimate of drug-likeness (QED) is 0.596. The number of hydrogen-bond donors (Lipinski definition) is 2. The van der Waals surface area contributed by atoms with E-state index in [-0.39, 0.29) is 24.1 Å². The summed E-state index contributed by atoms with van der Waals surface area (Å²) >= 11 is 3.12. The largest absolute Gasteiger partial charge is 0.384 e. The van der Waals surface area contributed by atoms with E-state index >= 15 is 0 Å². The molecule has 1 aromatic carbocycles. The molecule has 0 heterocycles. The van der Waals surface area contributed by atoms with Crippen molar-refractivity contribution in [3.05, 3.63) is 33.5 Å². The molecule has 0 amide bonds. The summed E-state index contributed by atoms with van der Waals surface area (Å²) in [5.74, 6) is -0.364. The molecular formula is C8H9BrClFN2. The van der Waals surface area contributed by atoms with Crippen LogP contribution in [0.25, 0.3) is 0 Å². The van der Waals surface area contributed by atoms with Gasteiger partial charge in [-0.1, -0.05) is 0 Å². The van der Waals surface area contributed by atoms with Gasteiger partial charge in [0, 0.05) is 10.0 Å². The maximum atomic E-state index is 12.9. The summed E-state index contributed by atoms with van der Waals surface area (Å²) in [6, 6.07) is 2.85. The second kappa shape index (κ2) is 4.58. The lowest BCUT2D eigenvalue weighted by Crippen LogP contribution is -2.12. The van der Waals surface area contributed by atoms with Gasteiger partial charge in [0.05, 0.1) is 0 Å². The van der Waals surface area contributed by atoms with Crippen LogP contribution in [0.1, 0.15) is 11.1 Å². The Balaban J connectivity index is 0.00000144. The van der Waals surface area contributed by atoms with E-state index in [9.17, 15) is 4.39 Å². The molecule has 3 N–H and O–H groups in total. The molecule has 0 aliphatic rings. The number of halogens is 3. The molecule has 0 saturated carbocycles. The van der Waals surface area contributed by atoms with Crippen molar-refractivity contribution in [2.45, 2.75) is 6.92 Å². The van der Waals surface area contributed by atoms with Crippen LogP contribution < -0.4 is 5.73 Å². The fourth-order valence-electron chi connectivity index (χ4n) is 0.864. The Kier molecular flexibility index (Phi) is 4.36. The zero-order chi connectivity index (χ0) is 9.30. The van der Waals surface area contributed by atoms with Crippen LogP contribution in [-0.2, 0) is 0 Å². The molecule has 0 aromatic heterocycles. The van der Waals surface area contributed by atoms with E-state index in [0.717, 1.165) is 0 Å². The van der Waals surface area contributed by atoms with Crippen LogP contribution in [0.4, 0.5) is 4.39 Å². The third-order valence-corrected chi connectivity index (χ3v) is 2.19. The first-order valence-electron chi connectivity index (χ1n) is 3.32. The van der Waals surface area contributed by atoms with Crippen molar-refractivity contribution in [2.24, 2.45) is 5.73 Å². The molecule has 0 aliphatic heterocycles. The Bertz CT molecular complexity index is 341. The number of aryl methyl sites for hydroxylation is 1. The lowest BCUT2D eigenvalue weighted by atomic mass is 10.1. The van der Waals surface area contributed by atoms with Crippen molar-refractivity contribution in [3.63, 3.8) is 0 Å². The van der Waals surface area contributed by atoms with Crippen molar-refractivity contribution in [2.75, 3.05) is 0 Å². The molecule has 1 rings (SSSR count). The van der Waals surface area contributed by atoms with Crippen LogP contribution in [0, 0.1) is 18.2 Å². The molecule has 0 spiro atoms. The fraction of sp³-hybridized carbons (Fsp3) is 0.125. The number of nitrogen functional groups attached to an aromatic ring is 1. The van der Waals surface area contributed by atoms with E-state index in [0.29, 0.717) is 15.6 Å². The molecule has 0 aliphatic carbocycles. The molecule has 72 valence electrons. The van der Waals surface area contributed by atoms with Crippen molar-refractivity contribution in [3.8, 4) is 0 Å². The predicted octanol–water partition coefficient (Wildman–Crippen LogP) is 2.60. The van der Waals surface area contributed by atoms with Crippen molar-refractivity contribution < 1.29 is 4.39 Å². The average molecular weight is 268 g/mol. The molecule has 0 fully saturated rings. The monoisotopic (exact) mass is 266 g/mol. The van der Waals surface area contributed by atoms with Gasteiger partial charge in [-0.25, -0.2) is 4.39 Å². The van der Waals surface area contributed by atoms with Crippen LogP contribution in [0.5, 0.6) is 0 Å². The Morgan fingerprint density at radius 1 is 1.54 bits per heavy atom. The van der Waals surface area contributed by atoms with Gasteiger partial charge in [0.25, 0.3) is 0 Å². The van der Waals surface area contributed by atoms with Gasteiger partial charge in [0.15, 0.2) is 0 Å². The lowest BCUT2D eigenvalue weighted by molar-refractivity contribution is 0.617. The highest BCUT2D eigenvalue weighted by Crippen LogP contribution is 2.20. The van der Waals surface area contributed by atoms with Crippen molar-refractivity contribution in [1.29, 1.82) is 5.41 Å². The Hall–Kier alpha value is -0.610. The fourth-order valence-corrected chi connectivity index (χ4v) is 1.39. The minimum atomic E-state index is -0.299. The number of amidine groups is 1. The highest BCUT2D eigenvalue weighted by atomic mass is 79.9. The zero-order valence-corrected chi connectivity index (χ0v) is 9.30. The molecule has 0 saturated heterocycles. The zero-order valence-electron chi connectivity index (χ0n) is 6.90. The molecule has 0 bridgehead atoms. The number of benzene rings is 1. The van der Waals surface area contributed by atoms with Gasteiger partial charge in [0.2, 0.25) is 0 Å². The van der Waals surface area contributed by atoms with Crippen molar-refractivity contribution in [1.82, 2.24) is 0 Å². The Morgan fingerprint density at radius 3 is 2.54 bits per heavy atom. The first-order chi connectivity index (χ1) is 5.52. The molecule has 1 aromatic rings. The topological polar surface area (TPSA) is 49.9 Å². The summed E-state index contributed by atoms with van der Waals surface area (Å²) in [4.78, 5) is 0. The van der Waals surface area contributed by atoms with Crippen LogP contribution in [-0.4, -0.2) is 5.84 Å². The standard InChI is InChI=1S/C8H8BrFN2.ClH/c1-4-2-5(8(11)12)6(9)3-7(4)10;/h2-3H,1H3,(H3,11,12);1H. The third kappa shape index (κ3) is 2.67. The molecular weight excluding hydrogens is 258 g/mol. The van der Waals surface area contributed by atoms with Gasteiger partial charge in [-0.15, -0.1) is 12.4 Å². The van der Waals surface area contributed by atoms with Gasteiger partial charge in [-0.2, -0.15) is 0 Å². The summed E-state index contributed by atoms with van der Waals surface area (Å²) in [5.41, 5.74) is 6.28. The van der Waals surface area contributed by atoms with E-state index in [1.165, 1.54) is 6.07 Å². The average Bonchev–Trinajstić information content (AvgIpc) is 1.96. The summed E-state index contributed by atoms with van der Waals surface area (Å²) < 4.78 is 13.4. The van der Waals surface area contributed by atoms with E-state index < -0.39 is 0 Å². The van der Waals surface area contributed by atoms with Crippen molar-refractivity contribution >= 4 is 34.2 Å². The molecule has 13 heavy (non-hydrogen) atoms. The number of nitrogens with two attached hydrogens (primary N) is 1. The summed E-state index contributed by atoms with van der Waals surface area (Å²) in [6.45, 7) is 1.63. The molecule has 0 atom stereocenters. The lowest BCUT2D eigenvalue weighted by Gasteiger charge is -2.04. The van der Waals surface area contributed by atoms with Gasteiger partial charge in [0.1, 0.15) is 11.7 Å². The van der Waals surface area contributed by atoms with E-state index in [1.54, 1.807) is 13.0 Å². The first kappa shape index (κ1) is 12.4. The highest BCUT2D eigenvalue weighted by Gasteiger charge is 2.06. The normalized spacial score (nSPS) is 9.15. The number of rotatable bonds is 1. The van der Waals surface area contributed by atoms with Gasteiger partial charge in [-0.3, -0.25) is 5.41 Å². The van der Waals surface area contributed by atoms with Crippen LogP contribution in [0.3, 0.4) is 0 Å². The molecule has 5 heteroatoms. The maximum absolute atomic E-state index is 12.9. The van der Waals surface area contributed by atoms with Crippen LogP contribution in [0.15, 0.2) is 16.6 Å².